The number of fused-ring (bicyclic) bond motifs is 1. The first-order chi connectivity index (χ1) is 13.4. The van der Waals surface area contributed by atoms with Gasteiger partial charge in [0, 0.05) is 22.7 Å². The average molecular weight is 406 g/mol. The summed E-state index contributed by atoms with van der Waals surface area (Å²) in [6.45, 7) is 11.4. The van der Waals surface area contributed by atoms with Crippen LogP contribution in [0.3, 0.4) is 0 Å². The minimum Gasteiger partial charge on any atom is -0.491 e. The molecule has 2 heterocycles. The van der Waals surface area contributed by atoms with E-state index in [2.05, 4.69) is 4.90 Å². The third-order valence-electron chi connectivity index (χ3n) is 4.60. The Morgan fingerprint density at radius 3 is 2.43 bits per heavy atom. The minimum atomic E-state index is -0.264. The maximum atomic E-state index is 12.5. The SMILES string of the molecule is CC(C)Oc1cc(OC(C)C)c2cc(C(=O)OCCN3CCCCC3)sc2c1. The van der Waals surface area contributed by atoms with E-state index < -0.39 is 0 Å². The van der Waals surface area contributed by atoms with Crippen molar-refractivity contribution in [3.05, 3.63) is 23.1 Å². The molecule has 0 N–H and O–H groups in total. The number of esters is 1. The van der Waals surface area contributed by atoms with Crippen molar-refractivity contribution in [2.75, 3.05) is 26.2 Å². The first-order valence-electron chi connectivity index (χ1n) is 10.2. The van der Waals surface area contributed by atoms with Gasteiger partial charge in [-0.15, -0.1) is 11.3 Å². The van der Waals surface area contributed by atoms with Crippen LogP contribution < -0.4 is 9.47 Å². The number of ether oxygens (including phenoxy) is 3. The van der Waals surface area contributed by atoms with Crippen LogP contribution in [-0.2, 0) is 4.74 Å². The molecule has 1 aromatic heterocycles. The van der Waals surface area contributed by atoms with E-state index in [9.17, 15) is 4.79 Å². The predicted octanol–water partition coefficient (Wildman–Crippen LogP) is 5.12. The van der Waals surface area contributed by atoms with Gasteiger partial charge in [-0.2, -0.15) is 0 Å². The fourth-order valence-corrected chi connectivity index (χ4v) is 4.40. The van der Waals surface area contributed by atoms with Crippen molar-refractivity contribution < 1.29 is 19.0 Å². The van der Waals surface area contributed by atoms with Gasteiger partial charge in [0.15, 0.2) is 0 Å². The Morgan fingerprint density at radius 1 is 1.04 bits per heavy atom. The van der Waals surface area contributed by atoms with Crippen molar-refractivity contribution in [3.8, 4) is 11.5 Å². The van der Waals surface area contributed by atoms with E-state index in [4.69, 9.17) is 14.2 Å². The lowest BCUT2D eigenvalue weighted by Gasteiger charge is -2.25. The van der Waals surface area contributed by atoms with Crippen LogP contribution in [0.4, 0.5) is 0 Å². The lowest BCUT2D eigenvalue weighted by molar-refractivity contribution is 0.0458. The quantitative estimate of drug-likeness (QED) is 0.571. The normalized spacial score (nSPS) is 15.4. The molecular formula is C22H31NO4S. The number of carbonyl (C=O) groups is 1. The summed E-state index contributed by atoms with van der Waals surface area (Å²) in [5.74, 6) is 1.23. The van der Waals surface area contributed by atoms with Crippen molar-refractivity contribution in [2.45, 2.75) is 59.2 Å². The van der Waals surface area contributed by atoms with E-state index in [1.807, 2.05) is 45.9 Å². The van der Waals surface area contributed by atoms with Crippen LogP contribution in [0.25, 0.3) is 10.1 Å². The number of piperidine rings is 1. The highest BCUT2D eigenvalue weighted by molar-refractivity contribution is 7.20. The Kier molecular flexibility index (Phi) is 7.18. The van der Waals surface area contributed by atoms with E-state index in [1.165, 1.54) is 30.6 Å². The second-order valence-electron chi connectivity index (χ2n) is 7.82. The standard InChI is InChI=1S/C22H31NO4S/c1-15(2)26-17-12-19(27-16(3)4)18-14-21(28-20(18)13-17)22(24)25-11-10-23-8-6-5-7-9-23/h12-16H,5-11H2,1-4H3. The van der Waals surface area contributed by atoms with Crippen molar-refractivity contribution in [1.29, 1.82) is 0 Å². The van der Waals surface area contributed by atoms with Gasteiger partial charge in [0.2, 0.25) is 0 Å². The molecule has 2 aromatic rings. The van der Waals surface area contributed by atoms with Crippen LogP contribution in [0.2, 0.25) is 0 Å². The lowest BCUT2D eigenvalue weighted by atomic mass is 10.1. The zero-order chi connectivity index (χ0) is 20.1. The number of nitrogens with zero attached hydrogens (tertiary/aromatic N) is 1. The molecule has 1 aliphatic rings. The van der Waals surface area contributed by atoms with Crippen molar-refractivity contribution in [2.24, 2.45) is 0 Å². The molecule has 1 aliphatic heterocycles. The molecule has 0 aliphatic carbocycles. The Balaban J connectivity index is 1.72. The highest BCUT2D eigenvalue weighted by Crippen LogP contribution is 2.38. The summed E-state index contributed by atoms with van der Waals surface area (Å²) in [5.41, 5.74) is 0. The van der Waals surface area contributed by atoms with Gasteiger partial charge in [-0.1, -0.05) is 6.42 Å². The van der Waals surface area contributed by atoms with Gasteiger partial charge in [-0.25, -0.2) is 4.79 Å². The predicted molar refractivity (Wildman–Crippen MR) is 114 cm³/mol. The van der Waals surface area contributed by atoms with E-state index in [-0.39, 0.29) is 18.2 Å². The Labute approximate surface area is 171 Å². The molecule has 1 saturated heterocycles. The van der Waals surface area contributed by atoms with Gasteiger partial charge in [-0.3, -0.25) is 4.90 Å². The lowest BCUT2D eigenvalue weighted by Crippen LogP contribution is -2.33. The second kappa shape index (κ2) is 9.61. The molecule has 154 valence electrons. The molecule has 5 nitrogen and oxygen atoms in total. The monoisotopic (exact) mass is 405 g/mol. The van der Waals surface area contributed by atoms with Crippen LogP contribution >= 0.6 is 11.3 Å². The molecule has 0 unspecified atom stereocenters. The van der Waals surface area contributed by atoms with E-state index in [0.29, 0.717) is 11.5 Å². The van der Waals surface area contributed by atoms with Gasteiger partial charge >= 0.3 is 5.97 Å². The van der Waals surface area contributed by atoms with Crippen LogP contribution in [-0.4, -0.2) is 49.3 Å². The molecule has 0 saturated carbocycles. The van der Waals surface area contributed by atoms with Gasteiger partial charge in [0.05, 0.1) is 12.2 Å². The molecule has 0 atom stereocenters. The summed E-state index contributed by atoms with van der Waals surface area (Å²) in [7, 11) is 0. The minimum absolute atomic E-state index is 0.0392. The third kappa shape index (κ3) is 5.61. The van der Waals surface area contributed by atoms with Crippen molar-refractivity contribution in [1.82, 2.24) is 4.90 Å². The first kappa shape index (κ1) is 20.9. The van der Waals surface area contributed by atoms with Crippen LogP contribution in [0.15, 0.2) is 18.2 Å². The summed E-state index contributed by atoms with van der Waals surface area (Å²) in [4.78, 5) is 15.5. The molecule has 6 heteroatoms. The average Bonchev–Trinajstić information content (AvgIpc) is 3.06. The first-order valence-corrected chi connectivity index (χ1v) is 11.0. The van der Waals surface area contributed by atoms with Gasteiger partial charge in [0.25, 0.3) is 0 Å². The number of hydrogen-bond acceptors (Lipinski definition) is 6. The van der Waals surface area contributed by atoms with Crippen molar-refractivity contribution >= 4 is 27.4 Å². The molecule has 3 rings (SSSR count). The van der Waals surface area contributed by atoms with Crippen LogP contribution in [0, 0.1) is 0 Å². The number of carbonyl (C=O) groups excluding carboxylic acids is 1. The third-order valence-corrected chi connectivity index (χ3v) is 5.66. The summed E-state index contributed by atoms with van der Waals surface area (Å²) in [6.07, 6.45) is 3.90. The smallest absolute Gasteiger partial charge is 0.348 e. The Hall–Kier alpha value is -1.79. The van der Waals surface area contributed by atoms with Crippen LogP contribution in [0.1, 0.15) is 56.6 Å². The molecule has 0 spiro atoms. The molecule has 28 heavy (non-hydrogen) atoms. The fraction of sp³-hybridized carbons (Fsp3) is 0.591. The zero-order valence-corrected chi connectivity index (χ0v) is 18.1. The number of thiophene rings is 1. The van der Waals surface area contributed by atoms with Crippen molar-refractivity contribution in [3.63, 3.8) is 0 Å². The molecule has 1 fully saturated rings. The van der Waals surface area contributed by atoms with Crippen LogP contribution in [0.5, 0.6) is 11.5 Å². The maximum Gasteiger partial charge on any atom is 0.348 e. The van der Waals surface area contributed by atoms with E-state index >= 15 is 0 Å². The Morgan fingerprint density at radius 2 is 1.75 bits per heavy atom. The molecule has 0 amide bonds. The van der Waals surface area contributed by atoms with E-state index in [0.717, 1.165) is 41.2 Å². The summed E-state index contributed by atoms with van der Waals surface area (Å²) in [6, 6.07) is 5.75. The van der Waals surface area contributed by atoms with Gasteiger partial charge < -0.3 is 14.2 Å². The number of benzene rings is 1. The van der Waals surface area contributed by atoms with Gasteiger partial charge in [-0.05, 0) is 65.8 Å². The summed E-state index contributed by atoms with van der Waals surface area (Å²) >= 11 is 1.43. The molecule has 1 aromatic carbocycles. The largest absolute Gasteiger partial charge is 0.491 e. The molecule has 0 radical (unpaired) electrons. The Bertz CT molecular complexity index is 793. The number of likely N-dealkylation sites (tertiary alicyclic amines) is 1. The van der Waals surface area contributed by atoms with E-state index in [1.54, 1.807) is 0 Å². The number of hydrogen-bond donors (Lipinski definition) is 0. The maximum absolute atomic E-state index is 12.5. The highest BCUT2D eigenvalue weighted by Gasteiger charge is 2.18. The molecular weight excluding hydrogens is 374 g/mol. The summed E-state index contributed by atoms with van der Waals surface area (Å²) < 4.78 is 18.3. The van der Waals surface area contributed by atoms with Gasteiger partial charge in [0.1, 0.15) is 23.0 Å². The fourth-order valence-electron chi connectivity index (χ4n) is 3.40. The number of rotatable bonds is 8. The molecule has 0 bridgehead atoms. The second-order valence-corrected chi connectivity index (χ2v) is 8.90. The highest BCUT2D eigenvalue weighted by atomic mass is 32.1. The zero-order valence-electron chi connectivity index (χ0n) is 17.3. The topological polar surface area (TPSA) is 48.0 Å². The summed E-state index contributed by atoms with van der Waals surface area (Å²) in [5, 5.41) is 0.929.